The van der Waals surface area contributed by atoms with Gasteiger partial charge in [0.05, 0.1) is 11.5 Å². The maximum Gasteiger partial charge on any atom is 0.292 e. The summed E-state index contributed by atoms with van der Waals surface area (Å²) in [4.78, 5) is 17.3. The molecule has 0 atom stereocenters. The van der Waals surface area contributed by atoms with Gasteiger partial charge in [-0.25, -0.2) is 4.98 Å². The van der Waals surface area contributed by atoms with Gasteiger partial charge in [-0.05, 0) is 43.4 Å². The van der Waals surface area contributed by atoms with Gasteiger partial charge in [-0.1, -0.05) is 12.1 Å². The van der Waals surface area contributed by atoms with Crippen LogP contribution in [0, 0.1) is 23.0 Å². The molecule has 0 aliphatic carbocycles. The molecule has 0 radical (unpaired) electrons. The van der Waals surface area contributed by atoms with Crippen LogP contribution in [0.4, 0.5) is 11.4 Å². The van der Waals surface area contributed by atoms with Gasteiger partial charge >= 0.3 is 0 Å². The second kappa shape index (κ2) is 7.29. The van der Waals surface area contributed by atoms with Crippen LogP contribution in [-0.4, -0.2) is 29.6 Å². The van der Waals surface area contributed by atoms with Crippen molar-refractivity contribution < 1.29 is 9.66 Å². The molecule has 1 saturated heterocycles. The SMILES string of the molecule is Cc1ccc(N2CCC(COc3ccccn3)CC2)c([N+](=O)[O-])c1. The Bertz CT molecular complexity index is 698. The lowest BCUT2D eigenvalue weighted by Gasteiger charge is -2.33. The van der Waals surface area contributed by atoms with Gasteiger partial charge in [0.15, 0.2) is 0 Å². The van der Waals surface area contributed by atoms with Gasteiger partial charge in [0.1, 0.15) is 5.69 Å². The number of nitrogens with zero attached hydrogens (tertiary/aromatic N) is 3. The molecule has 0 saturated carbocycles. The standard InChI is InChI=1S/C18H21N3O3/c1-14-5-6-16(17(12-14)21(22)23)20-10-7-15(8-11-20)13-24-18-4-2-3-9-19-18/h2-6,9,12,15H,7-8,10-11,13H2,1H3. The number of hydrogen-bond acceptors (Lipinski definition) is 5. The fraction of sp³-hybridized carbons (Fsp3) is 0.389. The van der Waals surface area contributed by atoms with Crippen LogP contribution in [-0.2, 0) is 0 Å². The van der Waals surface area contributed by atoms with Crippen molar-refractivity contribution in [2.75, 3.05) is 24.6 Å². The van der Waals surface area contributed by atoms with Crippen LogP contribution in [0.1, 0.15) is 18.4 Å². The zero-order valence-corrected chi connectivity index (χ0v) is 13.7. The smallest absolute Gasteiger partial charge is 0.292 e. The summed E-state index contributed by atoms with van der Waals surface area (Å²) in [7, 11) is 0. The summed E-state index contributed by atoms with van der Waals surface area (Å²) in [6.45, 7) is 4.12. The van der Waals surface area contributed by atoms with E-state index in [1.807, 2.05) is 37.3 Å². The van der Waals surface area contributed by atoms with E-state index in [4.69, 9.17) is 4.74 Å². The molecule has 1 aliphatic rings. The number of piperidine rings is 1. The molecule has 2 heterocycles. The Labute approximate surface area is 141 Å². The minimum atomic E-state index is -0.293. The fourth-order valence-corrected chi connectivity index (χ4v) is 3.02. The Morgan fingerprint density at radius 3 is 2.75 bits per heavy atom. The number of pyridine rings is 1. The second-order valence-electron chi connectivity index (χ2n) is 6.16. The van der Waals surface area contributed by atoms with E-state index in [-0.39, 0.29) is 10.6 Å². The van der Waals surface area contributed by atoms with Gasteiger partial charge in [-0.3, -0.25) is 10.1 Å². The van der Waals surface area contributed by atoms with Crippen molar-refractivity contribution in [1.82, 2.24) is 4.98 Å². The summed E-state index contributed by atoms with van der Waals surface area (Å²) in [5.41, 5.74) is 1.82. The third-order valence-corrected chi connectivity index (χ3v) is 4.39. The number of ether oxygens (including phenoxy) is 1. The zero-order valence-electron chi connectivity index (χ0n) is 13.7. The molecule has 0 amide bonds. The lowest BCUT2D eigenvalue weighted by molar-refractivity contribution is -0.384. The first kappa shape index (κ1) is 16.2. The van der Waals surface area contributed by atoms with Crippen LogP contribution < -0.4 is 9.64 Å². The number of hydrogen-bond donors (Lipinski definition) is 0. The van der Waals surface area contributed by atoms with Gasteiger partial charge in [-0.15, -0.1) is 0 Å². The average molecular weight is 327 g/mol. The molecule has 0 N–H and O–H groups in total. The van der Waals surface area contributed by atoms with Gasteiger partial charge < -0.3 is 9.64 Å². The van der Waals surface area contributed by atoms with Crippen molar-refractivity contribution >= 4 is 11.4 Å². The lowest BCUT2D eigenvalue weighted by Crippen LogP contribution is -2.35. The number of rotatable bonds is 5. The molecular weight excluding hydrogens is 306 g/mol. The third-order valence-electron chi connectivity index (χ3n) is 4.39. The Morgan fingerprint density at radius 2 is 2.08 bits per heavy atom. The highest BCUT2D eigenvalue weighted by Crippen LogP contribution is 2.32. The van der Waals surface area contributed by atoms with Gasteiger partial charge in [-0.2, -0.15) is 0 Å². The van der Waals surface area contributed by atoms with Crippen LogP contribution >= 0.6 is 0 Å². The van der Waals surface area contributed by atoms with E-state index in [1.165, 1.54) is 0 Å². The molecular formula is C18H21N3O3. The number of nitro groups is 1. The summed E-state index contributed by atoms with van der Waals surface area (Å²) in [5, 5.41) is 11.3. The Balaban J connectivity index is 1.58. The maximum atomic E-state index is 11.3. The van der Waals surface area contributed by atoms with E-state index in [0.717, 1.165) is 37.2 Å². The Morgan fingerprint density at radius 1 is 1.29 bits per heavy atom. The van der Waals surface area contributed by atoms with Gasteiger partial charge in [0.2, 0.25) is 5.88 Å². The van der Waals surface area contributed by atoms with Crippen molar-refractivity contribution in [2.45, 2.75) is 19.8 Å². The highest BCUT2D eigenvalue weighted by atomic mass is 16.6. The minimum absolute atomic E-state index is 0.193. The average Bonchev–Trinajstić information content (AvgIpc) is 2.61. The minimum Gasteiger partial charge on any atom is -0.477 e. The van der Waals surface area contributed by atoms with E-state index in [1.54, 1.807) is 12.3 Å². The van der Waals surface area contributed by atoms with Crippen molar-refractivity contribution in [3.8, 4) is 5.88 Å². The Kier molecular flexibility index (Phi) is 4.93. The second-order valence-corrected chi connectivity index (χ2v) is 6.16. The molecule has 0 spiro atoms. The summed E-state index contributed by atoms with van der Waals surface area (Å²) in [5.74, 6) is 1.10. The molecule has 126 valence electrons. The summed E-state index contributed by atoms with van der Waals surface area (Å²) in [6, 6.07) is 11.1. The first-order chi connectivity index (χ1) is 11.6. The van der Waals surface area contributed by atoms with Crippen molar-refractivity contribution in [3.63, 3.8) is 0 Å². The number of anilines is 1. The molecule has 6 heteroatoms. The molecule has 2 aromatic rings. The van der Waals surface area contributed by atoms with Crippen LogP contribution in [0.5, 0.6) is 5.88 Å². The Hall–Kier alpha value is -2.63. The molecule has 24 heavy (non-hydrogen) atoms. The maximum absolute atomic E-state index is 11.3. The molecule has 1 aromatic heterocycles. The molecule has 0 bridgehead atoms. The number of nitro benzene ring substituents is 1. The van der Waals surface area contributed by atoms with Crippen molar-refractivity contribution in [3.05, 3.63) is 58.3 Å². The number of aromatic nitrogens is 1. The quantitative estimate of drug-likeness (QED) is 0.620. The van der Waals surface area contributed by atoms with E-state index in [0.29, 0.717) is 18.4 Å². The van der Waals surface area contributed by atoms with E-state index < -0.39 is 0 Å². The van der Waals surface area contributed by atoms with Crippen LogP contribution in [0.25, 0.3) is 0 Å². The summed E-state index contributed by atoms with van der Waals surface area (Å²) < 4.78 is 5.73. The summed E-state index contributed by atoms with van der Waals surface area (Å²) in [6.07, 6.45) is 3.63. The van der Waals surface area contributed by atoms with Gasteiger partial charge in [0.25, 0.3) is 5.69 Å². The molecule has 1 aromatic carbocycles. The largest absolute Gasteiger partial charge is 0.477 e. The molecule has 0 unspecified atom stereocenters. The lowest BCUT2D eigenvalue weighted by atomic mass is 9.97. The first-order valence-corrected chi connectivity index (χ1v) is 8.17. The van der Waals surface area contributed by atoms with E-state index in [9.17, 15) is 10.1 Å². The van der Waals surface area contributed by atoms with E-state index >= 15 is 0 Å². The predicted molar refractivity (Wildman–Crippen MR) is 92.5 cm³/mol. The van der Waals surface area contributed by atoms with Crippen molar-refractivity contribution in [1.29, 1.82) is 0 Å². The fourth-order valence-electron chi connectivity index (χ4n) is 3.02. The molecule has 1 fully saturated rings. The highest BCUT2D eigenvalue weighted by Gasteiger charge is 2.25. The van der Waals surface area contributed by atoms with E-state index in [2.05, 4.69) is 9.88 Å². The van der Waals surface area contributed by atoms with Crippen LogP contribution in [0.3, 0.4) is 0 Å². The third kappa shape index (κ3) is 3.82. The first-order valence-electron chi connectivity index (χ1n) is 8.17. The zero-order chi connectivity index (χ0) is 16.9. The van der Waals surface area contributed by atoms with Gasteiger partial charge in [0, 0.05) is 31.4 Å². The normalized spacial score (nSPS) is 15.3. The summed E-state index contributed by atoms with van der Waals surface area (Å²) >= 11 is 0. The highest BCUT2D eigenvalue weighted by molar-refractivity contribution is 5.64. The monoisotopic (exact) mass is 327 g/mol. The van der Waals surface area contributed by atoms with Crippen LogP contribution in [0.15, 0.2) is 42.6 Å². The molecule has 1 aliphatic heterocycles. The van der Waals surface area contributed by atoms with Crippen LogP contribution in [0.2, 0.25) is 0 Å². The predicted octanol–water partition coefficient (Wildman–Crippen LogP) is 3.59. The van der Waals surface area contributed by atoms with Crippen molar-refractivity contribution in [2.24, 2.45) is 5.92 Å². The number of benzene rings is 1. The number of aryl methyl sites for hydroxylation is 1. The molecule has 6 nitrogen and oxygen atoms in total. The molecule has 3 rings (SSSR count). The topological polar surface area (TPSA) is 68.5 Å².